The molecule has 0 N–H and O–H groups in total. The number of benzene rings is 2. The summed E-state index contributed by atoms with van der Waals surface area (Å²) in [6, 6.07) is 19.1. The molecule has 2 aromatic carbocycles. The molecule has 6 heteroatoms. The third-order valence-corrected chi connectivity index (χ3v) is 5.34. The quantitative estimate of drug-likeness (QED) is 0.605. The molecule has 4 rings (SSSR count). The van der Waals surface area contributed by atoms with Gasteiger partial charge in [0.15, 0.2) is 6.61 Å². The number of rotatable bonds is 5. The molecule has 1 atom stereocenters. The number of ether oxygens (including phenoxy) is 1. The molecule has 0 bridgehead atoms. The number of aromatic nitrogens is 2. The Hall–Kier alpha value is -3.41. The van der Waals surface area contributed by atoms with Gasteiger partial charge in [0.05, 0.1) is 5.69 Å². The van der Waals surface area contributed by atoms with Crippen LogP contribution in [0.25, 0.3) is 16.9 Å². The zero-order chi connectivity index (χ0) is 20.9. The summed E-state index contributed by atoms with van der Waals surface area (Å²) >= 11 is 0. The van der Waals surface area contributed by atoms with Gasteiger partial charge < -0.3 is 9.64 Å². The summed E-state index contributed by atoms with van der Waals surface area (Å²) in [6.45, 7) is 3.32. The average molecular weight is 403 g/mol. The van der Waals surface area contributed by atoms with Crippen molar-refractivity contribution >= 4 is 11.9 Å². The van der Waals surface area contributed by atoms with Crippen molar-refractivity contribution in [2.45, 2.75) is 19.8 Å². The van der Waals surface area contributed by atoms with Gasteiger partial charge in [0.2, 0.25) is 0 Å². The Balaban J connectivity index is 1.55. The van der Waals surface area contributed by atoms with Crippen molar-refractivity contribution in [1.82, 2.24) is 14.7 Å². The molecule has 1 fully saturated rings. The van der Waals surface area contributed by atoms with Crippen LogP contribution in [0.3, 0.4) is 0 Å². The van der Waals surface area contributed by atoms with E-state index in [0.717, 1.165) is 37.2 Å². The Morgan fingerprint density at radius 1 is 1.07 bits per heavy atom. The van der Waals surface area contributed by atoms with Crippen LogP contribution < -0.4 is 0 Å². The fraction of sp³-hybridized carbons (Fsp3) is 0.292. The van der Waals surface area contributed by atoms with Gasteiger partial charge in [-0.3, -0.25) is 4.79 Å². The SMILES string of the molecule is C[C@H]1CCCN(C(=O)COC(=O)c2cn(-c3ccccc3)nc2-c2ccccc2)C1. The van der Waals surface area contributed by atoms with Crippen LogP contribution in [0, 0.1) is 5.92 Å². The molecule has 0 saturated carbocycles. The van der Waals surface area contributed by atoms with Gasteiger partial charge in [0.25, 0.3) is 5.91 Å². The number of carbonyl (C=O) groups is 2. The van der Waals surface area contributed by atoms with Crippen molar-refractivity contribution in [3.63, 3.8) is 0 Å². The summed E-state index contributed by atoms with van der Waals surface area (Å²) in [4.78, 5) is 27.2. The fourth-order valence-corrected chi connectivity index (χ4v) is 3.76. The van der Waals surface area contributed by atoms with Crippen LogP contribution >= 0.6 is 0 Å². The monoisotopic (exact) mass is 403 g/mol. The van der Waals surface area contributed by atoms with E-state index in [9.17, 15) is 9.59 Å². The summed E-state index contributed by atoms with van der Waals surface area (Å²) < 4.78 is 7.07. The van der Waals surface area contributed by atoms with Crippen LogP contribution in [-0.2, 0) is 9.53 Å². The summed E-state index contributed by atoms with van der Waals surface area (Å²) in [5.74, 6) is -0.215. The van der Waals surface area contributed by atoms with Crippen molar-refractivity contribution in [1.29, 1.82) is 0 Å². The van der Waals surface area contributed by atoms with E-state index in [1.165, 1.54) is 0 Å². The largest absolute Gasteiger partial charge is 0.452 e. The zero-order valence-corrected chi connectivity index (χ0v) is 17.0. The predicted molar refractivity (Wildman–Crippen MR) is 114 cm³/mol. The number of hydrogen-bond acceptors (Lipinski definition) is 4. The molecule has 1 amide bonds. The van der Waals surface area contributed by atoms with Gasteiger partial charge in [0.1, 0.15) is 11.3 Å². The molecule has 1 saturated heterocycles. The maximum absolute atomic E-state index is 12.9. The molecule has 154 valence electrons. The van der Waals surface area contributed by atoms with Gasteiger partial charge in [-0.05, 0) is 30.9 Å². The van der Waals surface area contributed by atoms with Gasteiger partial charge in [-0.1, -0.05) is 55.5 Å². The van der Waals surface area contributed by atoms with E-state index in [1.807, 2.05) is 60.7 Å². The predicted octanol–water partition coefficient (Wildman–Crippen LogP) is 3.95. The second kappa shape index (κ2) is 8.95. The molecule has 0 radical (unpaired) electrons. The highest BCUT2D eigenvalue weighted by Crippen LogP contribution is 2.24. The molecule has 2 heterocycles. The number of para-hydroxylation sites is 1. The lowest BCUT2D eigenvalue weighted by Gasteiger charge is -2.30. The van der Waals surface area contributed by atoms with Crippen molar-refractivity contribution in [2.24, 2.45) is 5.92 Å². The van der Waals surface area contributed by atoms with Gasteiger partial charge in [0, 0.05) is 24.8 Å². The molecule has 3 aromatic rings. The standard InChI is InChI=1S/C24H25N3O3/c1-18-9-8-14-26(15-18)22(28)17-30-24(29)21-16-27(20-12-6-3-7-13-20)25-23(21)19-10-4-2-5-11-19/h2-7,10-13,16,18H,8-9,14-15,17H2,1H3/t18-/m0/s1. The number of esters is 1. The topological polar surface area (TPSA) is 64.4 Å². The van der Waals surface area contributed by atoms with Crippen LogP contribution in [0.1, 0.15) is 30.1 Å². The zero-order valence-electron chi connectivity index (χ0n) is 17.0. The Morgan fingerprint density at radius 2 is 1.77 bits per heavy atom. The van der Waals surface area contributed by atoms with Crippen molar-refractivity contribution in [3.8, 4) is 16.9 Å². The first-order valence-corrected chi connectivity index (χ1v) is 10.3. The number of amides is 1. The Bertz CT molecular complexity index is 1010. The van der Waals surface area contributed by atoms with Gasteiger partial charge in [-0.15, -0.1) is 0 Å². The highest BCUT2D eigenvalue weighted by molar-refractivity contribution is 5.97. The van der Waals surface area contributed by atoms with E-state index in [4.69, 9.17) is 4.74 Å². The first-order chi connectivity index (χ1) is 14.6. The van der Waals surface area contributed by atoms with E-state index in [0.29, 0.717) is 17.2 Å². The smallest absolute Gasteiger partial charge is 0.342 e. The van der Waals surface area contributed by atoms with E-state index >= 15 is 0 Å². The minimum atomic E-state index is -0.547. The van der Waals surface area contributed by atoms with Crippen LogP contribution in [-0.4, -0.2) is 46.3 Å². The highest BCUT2D eigenvalue weighted by Gasteiger charge is 2.24. The van der Waals surface area contributed by atoms with Crippen LogP contribution in [0.2, 0.25) is 0 Å². The second-order valence-electron chi connectivity index (χ2n) is 7.70. The van der Waals surface area contributed by atoms with Crippen LogP contribution in [0.5, 0.6) is 0 Å². The Kier molecular flexibility index (Phi) is 5.93. The molecule has 1 aromatic heterocycles. The summed E-state index contributed by atoms with van der Waals surface area (Å²) in [5, 5.41) is 4.62. The third kappa shape index (κ3) is 4.43. The number of carbonyl (C=O) groups excluding carboxylic acids is 2. The number of hydrogen-bond donors (Lipinski definition) is 0. The minimum Gasteiger partial charge on any atom is -0.452 e. The van der Waals surface area contributed by atoms with Crippen molar-refractivity contribution < 1.29 is 14.3 Å². The molecule has 0 spiro atoms. The first kappa shape index (κ1) is 19.9. The molecule has 6 nitrogen and oxygen atoms in total. The number of piperidine rings is 1. The molecule has 1 aliphatic rings. The Labute approximate surface area is 176 Å². The minimum absolute atomic E-state index is 0.147. The highest BCUT2D eigenvalue weighted by atomic mass is 16.5. The van der Waals surface area contributed by atoms with E-state index in [2.05, 4.69) is 12.0 Å². The molecule has 30 heavy (non-hydrogen) atoms. The molecular formula is C24H25N3O3. The number of nitrogens with zero attached hydrogens (tertiary/aromatic N) is 3. The lowest BCUT2D eigenvalue weighted by Crippen LogP contribution is -2.41. The molecule has 1 aliphatic heterocycles. The van der Waals surface area contributed by atoms with Crippen LogP contribution in [0.15, 0.2) is 66.9 Å². The molecular weight excluding hydrogens is 378 g/mol. The number of likely N-dealkylation sites (tertiary alicyclic amines) is 1. The lowest BCUT2D eigenvalue weighted by molar-refractivity contribution is -0.136. The van der Waals surface area contributed by atoms with Crippen molar-refractivity contribution in [2.75, 3.05) is 19.7 Å². The lowest BCUT2D eigenvalue weighted by atomic mass is 10.0. The summed E-state index contributed by atoms with van der Waals surface area (Å²) in [5.41, 5.74) is 2.52. The summed E-state index contributed by atoms with van der Waals surface area (Å²) in [7, 11) is 0. The van der Waals surface area contributed by atoms with E-state index in [-0.39, 0.29) is 12.5 Å². The maximum atomic E-state index is 12.9. The first-order valence-electron chi connectivity index (χ1n) is 10.3. The summed E-state index contributed by atoms with van der Waals surface area (Å²) in [6.07, 6.45) is 3.78. The van der Waals surface area contributed by atoms with Gasteiger partial charge >= 0.3 is 5.97 Å². The van der Waals surface area contributed by atoms with Crippen LogP contribution in [0.4, 0.5) is 0 Å². The Morgan fingerprint density at radius 3 is 2.47 bits per heavy atom. The van der Waals surface area contributed by atoms with E-state index in [1.54, 1.807) is 15.8 Å². The second-order valence-corrected chi connectivity index (χ2v) is 7.70. The van der Waals surface area contributed by atoms with Crippen molar-refractivity contribution in [3.05, 3.63) is 72.4 Å². The van der Waals surface area contributed by atoms with Gasteiger partial charge in [-0.2, -0.15) is 5.10 Å². The maximum Gasteiger partial charge on any atom is 0.342 e. The normalized spacial score (nSPS) is 16.3. The molecule has 0 aliphatic carbocycles. The third-order valence-electron chi connectivity index (χ3n) is 5.34. The molecule has 0 unspecified atom stereocenters. The van der Waals surface area contributed by atoms with E-state index < -0.39 is 5.97 Å². The average Bonchev–Trinajstić information content (AvgIpc) is 3.24. The fourth-order valence-electron chi connectivity index (χ4n) is 3.76. The van der Waals surface area contributed by atoms with Gasteiger partial charge in [-0.25, -0.2) is 9.48 Å².